The second-order valence-electron chi connectivity index (χ2n) is 9.33. The van der Waals surface area contributed by atoms with Gasteiger partial charge in [0, 0.05) is 38.0 Å². The van der Waals surface area contributed by atoms with Crippen molar-refractivity contribution in [1.29, 1.82) is 0 Å². The van der Waals surface area contributed by atoms with Crippen molar-refractivity contribution >= 4 is 28.4 Å². The molecule has 2 aromatic carbocycles. The van der Waals surface area contributed by atoms with Gasteiger partial charge in [-0.05, 0) is 59.2 Å². The third-order valence-electron chi connectivity index (χ3n) is 7.27. The number of aryl methyl sites for hydroxylation is 2. The standard InChI is InChI=1S/C28H26N6O2/c1-29-27(35)25-14-22-20(13-18-4-2-3-5-21(18)22)16-34(25)28(36)26-19(15-32-33-26)8-6-17-7-9-23-24(12-17)31-11-10-30-23/h2-5,7,9-12,15,25H,6,8,13-14,16H2,1H3,(H,29,35)(H,32,33)/t25-/m1/s1. The van der Waals surface area contributed by atoms with Crippen molar-refractivity contribution in [1.82, 2.24) is 30.4 Å². The summed E-state index contributed by atoms with van der Waals surface area (Å²) in [7, 11) is 1.62. The van der Waals surface area contributed by atoms with Gasteiger partial charge < -0.3 is 10.2 Å². The number of carbonyl (C=O) groups is 2. The Balaban J connectivity index is 1.24. The van der Waals surface area contributed by atoms with Crippen LogP contribution in [0.5, 0.6) is 0 Å². The summed E-state index contributed by atoms with van der Waals surface area (Å²) >= 11 is 0. The smallest absolute Gasteiger partial charge is 0.273 e. The van der Waals surface area contributed by atoms with Crippen LogP contribution in [0.15, 0.2) is 66.6 Å². The van der Waals surface area contributed by atoms with Crippen LogP contribution in [0.2, 0.25) is 0 Å². The Bertz CT molecular complexity index is 1520. The second kappa shape index (κ2) is 9.03. The van der Waals surface area contributed by atoms with E-state index in [-0.39, 0.29) is 11.8 Å². The molecule has 180 valence electrons. The molecule has 6 rings (SSSR count). The maximum Gasteiger partial charge on any atom is 0.273 e. The van der Waals surface area contributed by atoms with E-state index in [9.17, 15) is 9.59 Å². The summed E-state index contributed by atoms with van der Waals surface area (Å²) in [5, 5.41) is 9.85. The summed E-state index contributed by atoms with van der Waals surface area (Å²) in [5.41, 5.74) is 8.98. The van der Waals surface area contributed by atoms with Crippen LogP contribution in [-0.2, 0) is 24.1 Å². The van der Waals surface area contributed by atoms with E-state index in [0.717, 1.165) is 35.0 Å². The number of aromatic amines is 1. The zero-order valence-electron chi connectivity index (χ0n) is 20.0. The molecule has 0 saturated carbocycles. The number of amides is 2. The van der Waals surface area contributed by atoms with Crippen molar-refractivity contribution in [2.75, 3.05) is 13.6 Å². The third-order valence-corrected chi connectivity index (χ3v) is 7.27. The summed E-state index contributed by atoms with van der Waals surface area (Å²) in [6.45, 7) is 0.433. The minimum absolute atomic E-state index is 0.155. The first-order valence-electron chi connectivity index (χ1n) is 12.2. The van der Waals surface area contributed by atoms with Crippen LogP contribution in [0, 0.1) is 0 Å². The van der Waals surface area contributed by atoms with E-state index in [1.54, 1.807) is 30.5 Å². The molecular weight excluding hydrogens is 452 g/mol. The van der Waals surface area contributed by atoms with Gasteiger partial charge in [-0.1, -0.05) is 30.3 Å². The largest absolute Gasteiger partial charge is 0.357 e. The maximum atomic E-state index is 13.8. The van der Waals surface area contributed by atoms with Crippen LogP contribution in [0.25, 0.3) is 16.6 Å². The van der Waals surface area contributed by atoms with Gasteiger partial charge in [-0.15, -0.1) is 0 Å². The Morgan fingerprint density at radius 2 is 1.92 bits per heavy atom. The lowest BCUT2D eigenvalue weighted by Gasteiger charge is -2.35. The molecule has 2 aliphatic rings. The molecule has 1 aliphatic carbocycles. The molecule has 2 N–H and O–H groups in total. The SMILES string of the molecule is CNC(=O)[C@H]1CC2=C(Cc3ccccc32)CN1C(=O)c1[nH]ncc1CCc1ccc2nccnc2c1. The van der Waals surface area contributed by atoms with Crippen LogP contribution in [0.1, 0.15) is 39.2 Å². The fourth-order valence-corrected chi connectivity index (χ4v) is 5.41. The van der Waals surface area contributed by atoms with Crippen LogP contribution >= 0.6 is 0 Å². The molecule has 2 amide bonds. The highest BCUT2D eigenvalue weighted by atomic mass is 16.2. The molecule has 1 aliphatic heterocycles. The number of H-pyrrole nitrogens is 1. The number of aromatic nitrogens is 4. The van der Waals surface area contributed by atoms with Crippen LogP contribution in [0.3, 0.4) is 0 Å². The number of nitrogens with one attached hydrogen (secondary N) is 2. The Labute approximate surface area is 208 Å². The predicted octanol–water partition coefficient (Wildman–Crippen LogP) is 3.11. The summed E-state index contributed by atoms with van der Waals surface area (Å²) < 4.78 is 0. The van der Waals surface area contributed by atoms with E-state index >= 15 is 0 Å². The molecule has 36 heavy (non-hydrogen) atoms. The molecule has 0 fully saturated rings. The minimum Gasteiger partial charge on any atom is -0.357 e. The van der Waals surface area contributed by atoms with Crippen molar-refractivity contribution in [2.24, 2.45) is 0 Å². The fourth-order valence-electron chi connectivity index (χ4n) is 5.41. The third kappa shape index (κ3) is 3.84. The molecule has 4 aromatic rings. The van der Waals surface area contributed by atoms with E-state index in [0.29, 0.717) is 25.1 Å². The number of rotatable bonds is 5. The molecule has 0 saturated heterocycles. The summed E-state index contributed by atoms with van der Waals surface area (Å²) in [6.07, 6.45) is 7.78. The Hall–Kier alpha value is -4.33. The second-order valence-corrected chi connectivity index (χ2v) is 9.33. The highest BCUT2D eigenvalue weighted by Gasteiger charge is 2.39. The van der Waals surface area contributed by atoms with Crippen molar-refractivity contribution in [3.63, 3.8) is 0 Å². The maximum absolute atomic E-state index is 13.8. The molecule has 0 bridgehead atoms. The van der Waals surface area contributed by atoms with Crippen LogP contribution < -0.4 is 5.32 Å². The first-order chi connectivity index (χ1) is 17.6. The van der Waals surface area contributed by atoms with Crippen LogP contribution in [-0.4, -0.2) is 56.5 Å². The zero-order valence-corrected chi connectivity index (χ0v) is 20.0. The number of hydrogen-bond acceptors (Lipinski definition) is 5. The highest BCUT2D eigenvalue weighted by molar-refractivity contribution is 5.99. The number of likely N-dealkylation sites (N-methyl/N-ethyl adjacent to an activating group) is 1. The number of hydrogen-bond donors (Lipinski definition) is 2. The van der Waals surface area contributed by atoms with Crippen molar-refractivity contribution < 1.29 is 9.59 Å². The molecule has 1 atom stereocenters. The Morgan fingerprint density at radius 3 is 2.78 bits per heavy atom. The number of carbonyl (C=O) groups excluding carboxylic acids is 2. The first-order valence-corrected chi connectivity index (χ1v) is 12.2. The number of nitrogens with zero attached hydrogens (tertiary/aromatic N) is 4. The molecule has 0 radical (unpaired) electrons. The van der Waals surface area contributed by atoms with Crippen LogP contribution in [0.4, 0.5) is 0 Å². The quantitative estimate of drug-likeness (QED) is 0.459. The number of benzene rings is 2. The zero-order chi connectivity index (χ0) is 24.6. The minimum atomic E-state index is -0.567. The molecule has 0 spiro atoms. The van der Waals surface area contributed by atoms with Gasteiger partial charge in [0.15, 0.2) is 0 Å². The van der Waals surface area contributed by atoms with Gasteiger partial charge in [-0.25, -0.2) is 0 Å². The lowest BCUT2D eigenvalue weighted by molar-refractivity contribution is -0.125. The molecule has 3 heterocycles. The van der Waals surface area contributed by atoms with E-state index in [2.05, 4.69) is 37.6 Å². The Morgan fingerprint density at radius 1 is 1.08 bits per heavy atom. The van der Waals surface area contributed by atoms with Crippen molar-refractivity contribution in [3.05, 3.63) is 94.6 Å². The molecular formula is C28H26N6O2. The molecule has 8 nitrogen and oxygen atoms in total. The summed E-state index contributed by atoms with van der Waals surface area (Å²) in [6, 6.07) is 13.8. The van der Waals surface area contributed by atoms with Gasteiger partial charge in [0.25, 0.3) is 5.91 Å². The summed E-state index contributed by atoms with van der Waals surface area (Å²) in [4.78, 5) is 37.1. The van der Waals surface area contributed by atoms with Crippen molar-refractivity contribution in [3.8, 4) is 0 Å². The van der Waals surface area contributed by atoms with Gasteiger partial charge in [-0.2, -0.15) is 5.10 Å². The average molecular weight is 479 g/mol. The van der Waals surface area contributed by atoms with E-state index in [4.69, 9.17) is 0 Å². The Kier molecular flexibility index (Phi) is 5.56. The predicted molar refractivity (Wildman–Crippen MR) is 136 cm³/mol. The first kappa shape index (κ1) is 22.2. The normalized spacial score (nSPS) is 16.7. The average Bonchev–Trinajstić information content (AvgIpc) is 3.54. The highest BCUT2D eigenvalue weighted by Crippen LogP contribution is 2.40. The topological polar surface area (TPSA) is 104 Å². The van der Waals surface area contributed by atoms with E-state index < -0.39 is 6.04 Å². The lowest BCUT2D eigenvalue weighted by Crippen LogP contribution is -2.51. The number of fused-ring (bicyclic) bond motifs is 3. The summed E-state index contributed by atoms with van der Waals surface area (Å²) in [5.74, 6) is -0.347. The van der Waals surface area contributed by atoms with Gasteiger partial charge in [0.1, 0.15) is 11.7 Å². The monoisotopic (exact) mass is 478 g/mol. The molecule has 8 heteroatoms. The fraction of sp³-hybridized carbons (Fsp3) is 0.250. The van der Waals surface area contributed by atoms with Gasteiger partial charge in [0.2, 0.25) is 5.91 Å². The molecule has 0 unspecified atom stereocenters. The van der Waals surface area contributed by atoms with Crippen molar-refractivity contribution in [2.45, 2.75) is 31.7 Å². The lowest BCUT2D eigenvalue weighted by atomic mass is 9.92. The molecule has 2 aromatic heterocycles. The van der Waals surface area contributed by atoms with Gasteiger partial charge in [-0.3, -0.25) is 24.7 Å². The van der Waals surface area contributed by atoms with Gasteiger partial charge in [0.05, 0.1) is 17.2 Å². The van der Waals surface area contributed by atoms with E-state index in [1.807, 2.05) is 30.3 Å². The van der Waals surface area contributed by atoms with E-state index in [1.165, 1.54) is 22.3 Å². The van der Waals surface area contributed by atoms with Gasteiger partial charge >= 0.3 is 0 Å².